The van der Waals surface area contributed by atoms with E-state index in [1.54, 1.807) is 24.5 Å². The summed E-state index contributed by atoms with van der Waals surface area (Å²) < 4.78 is 0. The van der Waals surface area contributed by atoms with Crippen molar-refractivity contribution in [3.63, 3.8) is 0 Å². The molecule has 0 bridgehead atoms. The molecule has 7 nitrogen and oxygen atoms in total. The van der Waals surface area contributed by atoms with E-state index in [1.165, 1.54) is 19.2 Å². The molecular formula is C15H16N2O5. The minimum absolute atomic E-state index is 0.0206. The van der Waals surface area contributed by atoms with Crippen molar-refractivity contribution in [2.75, 3.05) is 7.11 Å². The molecule has 0 saturated heterocycles. The van der Waals surface area contributed by atoms with E-state index < -0.39 is 17.4 Å². The van der Waals surface area contributed by atoms with Gasteiger partial charge in [-0.25, -0.2) is 9.78 Å². The van der Waals surface area contributed by atoms with E-state index in [2.05, 4.69) is 20.1 Å². The molecule has 0 fully saturated rings. The standard InChI is InChI=1S/C15H16N2O5/c1-21-22-9-11-2-3-12(14(19)13(11)18)15(20)17-8-10-4-6-16-7-5-10/h2-7,18-19H,8-9H2,1H3,(H,17,20). The molecule has 0 unspecified atom stereocenters. The van der Waals surface area contributed by atoms with Gasteiger partial charge in [-0.1, -0.05) is 6.07 Å². The van der Waals surface area contributed by atoms with Gasteiger partial charge in [0.25, 0.3) is 5.91 Å². The van der Waals surface area contributed by atoms with Gasteiger partial charge in [0.2, 0.25) is 0 Å². The van der Waals surface area contributed by atoms with Crippen LogP contribution in [0.15, 0.2) is 36.7 Å². The van der Waals surface area contributed by atoms with Crippen molar-refractivity contribution in [1.29, 1.82) is 0 Å². The number of carbonyl (C=O) groups excluding carboxylic acids is 1. The first-order valence-electron chi connectivity index (χ1n) is 6.50. The highest BCUT2D eigenvalue weighted by Crippen LogP contribution is 2.33. The molecule has 2 rings (SSSR count). The fourth-order valence-electron chi connectivity index (χ4n) is 1.82. The highest BCUT2D eigenvalue weighted by atomic mass is 17.2. The van der Waals surface area contributed by atoms with E-state index in [0.717, 1.165) is 5.56 Å². The maximum Gasteiger partial charge on any atom is 0.255 e. The molecule has 7 heteroatoms. The maximum absolute atomic E-state index is 12.1. The molecule has 1 aromatic carbocycles. The van der Waals surface area contributed by atoms with Crippen molar-refractivity contribution in [2.45, 2.75) is 13.2 Å². The van der Waals surface area contributed by atoms with Crippen molar-refractivity contribution in [3.05, 3.63) is 53.3 Å². The summed E-state index contributed by atoms with van der Waals surface area (Å²) in [6, 6.07) is 6.42. The van der Waals surface area contributed by atoms with Crippen molar-refractivity contribution in [1.82, 2.24) is 10.3 Å². The summed E-state index contributed by atoms with van der Waals surface area (Å²) in [5, 5.41) is 22.4. The van der Waals surface area contributed by atoms with E-state index in [9.17, 15) is 15.0 Å². The number of pyridine rings is 1. The fraction of sp³-hybridized carbons (Fsp3) is 0.200. The van der Waals surface area contributed by atoms with Gasteiger partial charge < -0.3 is 15.5 Å². The zero-order chi connectivity index (χ0) is 15.9. The molecular weight excluding hydrogens is 288 g/mol. The summed E-state index contributed by atoms with van der Waals surface area (Å²) in [5.41, 5.74) is 1.16. The molecule has 0 aliphatic heterocycles. The number of hydrogen-bond donors (Lipinski definition) is 3. The lowest BCUT2D eigenvalue weighted by Gasteiger charge is -2.10. The molecule has 0 aliphatic carbocycles. The van der Waals surface area contributed by atoms with Crippen LogP contribution in [0.5, 0.6) is 11.5 Å². The summed E-state index contributed by atoms with van der Waals surface area (Å²) in [5.74, 6) is -1.40. The first-order valence-corrected chi connectivity index (χ1v) is 6.50. The molecule has 0 aliphatic rings. The quantitative estimate of drug-likeness (QED) is 0.425. The number of aromatic hydroxyl groups is 2. The number of rotatable bonds is 6. The lowest BCUT2D eigenvalue weighted by Crippen LogP contribution is -2.23. The minimum Gasteiger partial charge on any atom is -0.504 e. The van der Waals surface area contributed by atoms with Gasteiger partial charge in [-0.15, -0.1) is 0 Å². The number of amides is 1. The Kier molecular flexibility index (Phi) is 5.29. The topological polar surface area (TPSA) is 101 Å². The molecule has 0 radical (unpaired) electrons. The number of phenolic OH excluding ortho intramolecular Hbond substituents is 2. The molecule has 1 aromatic heterocycles. The molecule has 3 N–H and O–H groups in total. The van der Waals surface area contributed by atoms with Crippen molar-refractivity contribution in [2.24, 2.45) is 0 Å². The Balaban J connectivity index is 2.08. The number of hydrogen-bond acceptors (Lipinski definition) is 6. The lowest BCUT2D eigenvalue weighted by molar-refractivity contribution is -0.282. The first kappa shape index (κ1) is 15.7. The third kappa shape index (κ3) is 3.72. The summed E-state index contributed by atoms with van der Waals surface area (Å²) in [4.78, 5) is 25.1. The van der Waals surface area contributed by atoms with Gasteiger partial charge in [0.1, 0.15) is 6.61 Å². The number of nitrogens with one attached hydrogen (secondary N) is 1. The summed E-state index contributed by atoms with van der Waals surface area (Å²) >= 11 is 0. The van der Waals surface area contributed by atoms with Gasteiger partial charge in [0.05, 0.1) is 12.7 Å². The van der Waals surface area contributed by atoms with E-state index in [0.29, 0.717) is 5.56 Å². The average Bonchev–Trinajstić information content (AvgIpc) is 2.55. The van der Waals surface area contributed by atoms with Crippen LogP contribution in [0.2, 0.25) is 0 Å². The zero-order valence-electron chi connectivity index (χ0n) is 11.9. The largest absolute Gasteiger partial charge is 0.504 e. The maximum atomic E-state index is 12.1. The van der Waals surface area contributed by atoms with Crippen LogP contribution in [0.3, 0.4) is 0 Å². The van der Waals surface area contributed by atoms with Gasteiger partial charge in [0.15, 0.2) is 11.5 Å². The van der Waals surface area contributed by atoms with Crippen LogP contribution >= 0.6 is 0 Å². The second kappa shape index (κ2) is 7.39. The third-order valence-electron chi connectivity index (χ3n) is 3.01. The van der Waals surface area contributed by atoms with Gasteiger partial charge in [-0.3, -0.25) is 9.78 Å². The first-order chi connectivity index (χ1) is 10.6. The van der Waals surface area contributed by atoms with Crippen LogP contribution in [0.25, 0.3) is 0 Å². The normalized spacial score (nSPS) is 10.4. The number of phenols is 2. The Hall–Kier alpha value is -2.64. The molecule has 1 heterocycles. The molecule has 0 spiro atoms. The smallest absolute Gasteiger partial charge is 0.255 e. The van der Waals surface area contributed by atoms with Crippen LogP contribution < -0.4 is 5.32 Å². The number of benzene rings is 1. The molecule has 22 heavy (non-hydrogen) atoms. The van der Waals surface area contributed by atoms with Crippen LogP contribution in [0.4, 0.5) is 0 Å². The fourth-order valence-corrected chi connectivity index (χ4v) is 1.82. The Morgan fingerprint density at radius 1 is 1.18 bits per heavy atom. The molecule has 0 atom stereocenters. The summed E-state index contributed by atoms with van der Waals surface area (Å²) in [6.07, 6.45) is 3.24. The van der Waals surface area contributed by atoms with Crippen LogP contribution in [-0.2, 0) is 22.9 Å². The zero-order valence-corrected chi connectivity index (χ0v) is 11.9. The minimum atomic E-state index is -0.496. The molecule has 116 valence electrons. The van der Waals surface area contributed by atoms with Crippen LogP contribution in [-0.4, -0.2) is 28.2 Å². The number of nitrogens with zero attached hydrogens (tertiary/aromatic N) is 1. The van der Waals surface area contributed by atoms with E-state index in [1.807, 2.05) is 0 Å². The predicted octanol–water partition coefficient (Wildman–Crippen LogP) is 1.50. The van der Waals surface area contributed by atoms with Crippen LogP contribution in [0.1, 0.15) is 21.5 Å². The summed E-state index contributed by atoms with van der Waals surface area (Å²) in [7, 11) is 1.33. The van der Waals surface area contributed by atoms with Crippen molar-refractivity contribution < 1.29 is 24.8 Å². The molecule has 0 saturated carbocycles. The Labute approximate surface area is 127 Å². The predicted molar refractivity (Wildman–Crippen MR) is 77.0 cm³/mol. The Bertz CT molecular complexity index is 646. The van der Waals surface area contributed by atoms with E-state index in [-0.39, 0.29) is 18.7 Å². The Morgan fingerprint density at radius 3 is 2.59 bits per heavy atom. The summed E-state index contributed by atoms with van der Waals surface area (Å²) in [6.45, 7) is 0.241. The third-order valence-corrected chi connectivity index (χ3v) is 3.01. The SMILES string of the molecule is COOCc1ccc(C(=O)NCc2ccncc2)c(O)c1O. The second-order valence-corrected chi connectivity index (χ2v) is 4.44. The van der Waals surface area contributed by atoms with Gasteiger partial charge in [0, 0.05) is 24.5 Å². The van der Waals surface area contributed by atoms with Crippen molar-refractivity contribution >= 4 is 5.91 Å². The van der Waals surface area contributed by atoms with Crippen LogP contribution in [0, 0.1) is 0 Å². The molecule has 2 aromatic rings. The Morgan fingerprint density at radius 2 is 1.91 bits per heavy atom. The lowest BCUT2D eigenvalue weighted by atomic mass is 10.1. The highest BCUT2D eigenvalue weighted by Gasteiger charge is 2.17. The van der Waals surface area contributed by atoms with E-state index in [4.69, 9.17) is 0 Å². The monoisotopic (exact) mass is 304 g/mol. The number of carbonyl (C=O) groups is 1. The second-order valence-electron chi connectivity index (χ2n) is 4.44. The van der Waals surface area contributed by atoms with Gasteiger partial charge in [-0.2, -0.15) is 0 Å². The molecule has 1 amide bonds. The average molecular weight is 304 g/mol. The number of aromatic nitrogens is 1. The van der Waals surface area contributed by atoms with Gasteiger partial charge >= 0.3 is 0 Å². The van der Waals surface area contributed by atoms with Gasteiger partial charge in [-0.05, 0) is 23.8 Å². The highest BCUT2D eigenvalue weighted by molar-refractivity contribution is 5.97. The van der Waals surface area contributed by atoms with Crippen molar-refractivity contribution in [3.8, 4) is 11.5 Å². The van der Waals surface area contributed by atoms with E-state index >= 15 is 0 Å².